The predicted molar refractivity (Wildman–Crippen MR) is 81.9 cm³/mol. The molecule has 1 atom stereocenters. The number of aromatic amines is 1. The quantitative estimate of drug-likeness (QED) is 0.877. The summed E-state index contributed by atoms with van der Waals surface area (Å²) in [4.78, 5) is 3.29. The van der Waals surface area contributed by atoms with Gasteiger partial charge in [-0.25, -0.2) is 0 Å². The van der Waals surface area contributed by atoms with E-state index in [1.807, 2.05) is 12.1 Å². The highest BCUT2D eigenvalue weighted by Crippen LogP contribution is 2.31. The first-order valence-electron chi connectivity index (χ1n) is 7.06. The lowest BCUT2D eigenvalue weighted by Crippen LogP contribution is -2.24. The van der Waals surface area contributed by atoms with Crippen LogP contribution in [0.15, 0.2) is 18.2 Å². The molecule has 2 aromatic rings. The fourth-order valence-electron chi connectivity index (χ4n) is 3.04. The average molecular weight is 292 g/mol. The minimum Gasteiger partial charge on any atom is -0.497 e. The fourth-order valence-corrected chi connectivity index (χ4v) is 3.42. The molecule has 0 amide bonds. The van der Waals surface area contributed by atoms with E-state index < -0.39 is 0 Å². The second-order valence-corrected chi connectivity index (χ2v) is 5.76. The monoisotopic (exact) mass is 292 g/mol. The van der Waals surface area contributed by atoms with E-state index in [0.717, 1.165) is 47.6 Å². The molecule has 108 valence electrons. The van der Waals surface area contributed by atoms with Gasteiger partial charge in [0.2, 0.25) is 0 Å². The topological polar surface area (TPSA) is 39.2 Å². The standard InChI is InChI=1S/C15H20N2O2S/c1-10(11-5-7-19-8-6-11)17-14-9-12(18-2)3-4-13(14)16-15(17)20/h3-4,9-11H,5-8H2,1-2H3,(H,16,20). The number of nitrogens with zero attached hydrogens (tertiary/aromatic N) is 1. The Morgan fingerprint density at radius 1 is 1.40 bits per heavy atom. The number of ether oxygens (including phenoxy) is 2. The van der Waals surface area contributed by atoms with E-state index in [1.165, 1.54) is 0 Å². The molecular formula is C15H20N2O2S. The largest absolute Gasteiger partial charge is 0.497 e. The summed E-state index contributed by atoms with van der Waals surface area (Å²) in [6, 6.07) is 6.40. The first kappa shape index (κ1) is 13.6. The SMILES string of the molecule is COc1ccc2[nH]c(=S)n(C(C)C3CCOCC3)c2c1. The van der Waals surface area contributed by atoms with E-state index in [2.05, 4.69) is 22.5 Å². The summed E-state index contributed by atoms with van der Waals surface area (Å²) in [5.41, 5.74) is 2.18. The minimum atomic E-state index is 0.368. The van der Waals surface area contributed by atoms with Crippen molar-refractivity contribution in [3.63, 3.8) is 0 Å². The zero-order chi connectivity index (χ0) is 14.1. The van der Waals surface area contributed by atoms with Crippen molar-refractivity contribution >= 4 is 23.3 Å². The molecule has 4 nitrogen and oxygen atoms in total. The lowest BCUT2D eigenvalue weighted by atomic mass is 9.92. The molecular weight excluding hydrogens is 272 g/mol. The van der Waals surface area contributed by atoms with Crippen molar-refractivity contribution < 1.29 is 9.47 Å². The molecule has 20 heavy (non-hydrogen) atoms. The van der Waals surface area contributed by atoms with Crippen molar-refractivity contribution in [2.75, 3.05) is 20.3 Å². The molecule has 1 aromatic carbocycles. The van der Waals surface area contributed by atoms with Gasteiger partial charge in [0.25, 0.3) is 0 Å². The van der Waals surface area contributed by atoms with Crippen LogP contribution in [0.25, 0.3) is 11.0 Å². The second kappa shape index (κ2) is 5.58. The van der Waals surface area contributed by atoms with E-state index in [1.54, 1.807) is 7.11 Å². The van der Waals surface area contributed by atoms with Gasteiger partial charge < -0.3 is 19.0 Å². The molecule has 0 aliphatic carbocycles. The van der Waals surface area contributed by atoms with Crippen molar-refractivity contribution in [3.05, 3.63) is 23.0 Å². The third-order valence-electron chi connectivity index (χ3n) is 4.28. The second-order valence-electron chi connectivity index (χ2n) is 5.37. The Morgan fingerprint density at radius 3 is 2.85 bits per heavy atom. The number of rotatable bonds is 3. The number of benzene rings is 1. The van der Waals surface area contributed by atoms with Crippen molar-refractivity contribution in [1.29, 1.82) is 0 Å². The maximum atomic E-state index is 5.51. The van der Waals surface area contributed by atoms with Crippen LogP contribution < -0.4 is 4.74 Å². The molecule has 1 aliphatic rings. The lowest BCUT2D eigenvalue weighted by molar-refractivity contribution is 0.0517. The Hall–Kier alpha value is -1.33. The summed E-state index contributed by atoms with van der Waals surface area (Å²) >= 11 is 5.51. The highest BCUT2D eigenvalue weighted by Gasteiger charge is 2.23. The van der Waals surface area contributed by atoms with Gasteiger partial charge in [-0.15, -0.1) is 0 Å². The Morgan fingerprint density at radius 2 is 2.15 bits per heavy atom. The van der Waals surface area contributed by atoms with Gasteiger partial charge in [-0.05, 0) is 50.0 Å². The molecule has 0 bridgehead atoms. The Kier molecular flexibility index (Phi) is 3.81. The summed E-state index contributed by atoms with van der Waals surface area (Å²) in [5, 5.41) is 0. The van der Waals surface area contributed by atoms with Gasteiger partial charge in [-0.1, -0.05) is 0 Å². The number of imidazole rings is 1. The molecule has 5 heteroatoms. The highest BCUT2D eigenvalue weighted by atomic mass is 32.1. The summed E-state index contributed by atoms with van der Waals surface area (Å²) < 4.78 is 13.8. The number of H-pyrrole nitrogens is 1. The lowest BCUT2D eigenvalue weighted by Gasteiger charge is -2.29. The molecule has 3 rings (SSSR count). The van der Waals surface area contributed by atoms with Crippen molar-refractivity contribution in [3.8, 4) is 5.75 Å². The van der Waals surface area contributed by atoms with Crippen LogP contribution in [0.5, 0.6) is 5.75 Å². The molecule has 2 heterocycles. The van der Waals surface area contributed by atoms with Gasteiger partial charge in [0.1, 0.15) is 5.75 Å². The van der Waals surface area contributed by atoms with Gasteiger partial charge in [0, 0.05) is 25.3 Å². The maximum absolute atomic E-state index is 5.51. The molecule has 1 saturated heterocycles. The van der Waals surface area contributed by atoms with Gasteiger partial charge in [-0.2, -0.15) is 0 Å². The van der Waals surface area contributed by atoms with Crippen molar-refractivity contribution in [2.24, 2.45) is 5.92 Å². The fraction of sp³-hybridized carbons (Fsp3) is 0.533. The zero-order valence-corrected chi connectivity index (χ0v) is 12.7. The van der Waals surface area contributed by atoms with Crippen LogP contribution in [0.1, 0.15) is 25.8 Å². The normalized spacial score (nSPS) is 18.3. The van der Waals surface area contributed by atoms with E-state index >= 15 is 0 Å². The van der Waals surface area contributed by atoms with Crippen LogP contribution in [0.3, 0.4) is 0 Å². The van der Waals surface area contributed by atoms with Crippen LogP contribution in [-0.2, 0) is 4.74 Å². The van der Waals surface area contributed by atoms with Crippen LogP contribution in [0.2, 0.25) is 0 Å². The van der Waals surface area contributed by atoms with Crippen LogP contribution >= 0.6 is 12.2 Å². The molecule has 1 aliphatic heterocycles. The molecule has 0 radical (unpaired) electrons. The molecule has 0 saturated carbocycles. The number of hydrogen-bond donors (Lipinski definition) is 1. The Bertz CT molecular complexity index is 655. The zero-order valence-electron chi connectivity index (χ0n) is 11.9. The third kappa shape index (κ3) is 2.36. The highest BCUT2D eigenvalue weighted by molar-refractivity contribution is 7.71. The first-order chi connectivity index (χ1) is 9.70. The summed E-state index contributed by atoms with van der Waals surface area (Å²) in [7, 11) is 1.69. The van der Waals surface area contributed by atoms with E-state index in [0.29, 0.717) is 12.0 Å². The smallest absolute Gasteiger partial charge is 0.178 e. The Labute approximate surface area is 123 Å². The van der Waals surface area contributed by atoms with E-state index in [9.17, 15) is 0 Å². The summed E-state index contributed by atoms with van der Waals surface area (Å²) in [6.45, 7) is 3.96. The van der Waals surface area contributed by atoms with Gasteiger partial charge in [-0.3, -0.25) is 0 Å². The summed E-state index contributed by atoms with van der Waals surface area (Å²) in [6.07, 6.45) is 2.19. The Balaban J connectivity index is 2.04. The third-order valence-corrected chi connectivity index (χ3v) is 4.58. The average Bonchev–Trinajstić information content (AvgIpc) is 2.82. The number of fused-ring (bicyclic) bond motifs is 1. The molecule has 1 aromatic heterocycles. The predicted octanol–water partition coefficient (Wildman–Crippen LogP) is 3.70. The minimum absolute atomic E-state index is 0.368. The molecule has 0 spiro atoms. The van der Waals surface area contributed by atoms with Gasteiger partial charge in [0.05, 0.1) is 18.1 Å². The van der Waals surface area contributed by atoms with Crippen molar-refractivity contribution in [1.82, 2.24) is 9.55 Å². The summed E-state index contributed by atoms with van der Waals surface area (Å²) in [5.74, 6) is 1.47. The van der Waals surface area contributed by atoms with Crippen LogP contribution in [0.4, 0.5) is 0 Å². The van der Waals surface area contributed by atoms with E-state index in [4.69, 9.17) is 21.7 Å². The maximum Gasteiger partial charge on any atom is 0.178 e. The molecule has 1 N–H and O–H groups in total. The van der Waals surface area contributed by atoms with E-state index in [-0.39, 0.29) is 0 Å². The number of methoxy groups -OCH3 is 1. The molecule has 1 fully saturated rings. The number of hydrogen-bond acceptors (Lipinski definition) is 3. The van der Waals surface area contributed by atoms with Crippen molar-refractivity contribution in [2.45, 2.75) is 25.8 Å². The number of nitrogens with one attached hydrogen (secondary N) is 1. The van der Waals surface area contributed by atoms with Gasteiger partial charge >= 0.3 is 0 Å². The first-order valence-corrected chi connectivity index (χ1v) is 7.47. The van der Waals surface area contributed by atoms with Crippen LogP contribution in [0, 0.1) is 10.7 Å². The van der Waals surface area contributed by atoms with Gasteiger partial charge in [0.15, 0.2) is 4.77 Å². The van der Waals surface area contributed by atoms with Crippen LogP contribution in [-0.4, -0.2) is 29.9 Å². The molecule has 1 unspecified atom stereocenters. The number of aromatic nitrogens is 2.